The number of aliphatic hydroxyl groups is 1. The lowest BCUT2D eigenvalue weighted by Crippen LogP contribution is -2.45. The second-order valence-corrected chi connectivity index (χ2v) is 6.38. The van der Waals surface area contributed by atoms with Gasteiger partial charge in [-0.05, 0) is 38.1 Å². The Labute approximate surface area is 129 Å². The van der Waals surface area contributed by atoms with Gasteiger partial charge in [0, 0.05) is 25.7 Å². The van der Waals surface area contributed by atoms with E-state index in [4.69, 9.17) is 0 Å². The molecule has 0 aromatic rings. The summed E-state index contributed by atoms with van der Waals surface area (Å²) in [5.41, 5.74) is 0. The topological polar surface area (TPSA) is 64.6 Å². The van der Waals surface area contributed by atoms with Crippen molar-refractivity contribution in [2.24, 2.45) is 5.92 Å². The van der Waals surface area contributed by atoms with Gasteiger partial charge in [-0.25, -0.2) is 4.79 Å². The molecule has 1 rings (SSSR count). The van der Waals surface area contributed by atoms with E-state index < -0.39 is 0 Å². The number of carbonyl (C=O) groups is 1. The van der Waals surface area contributed by atoms with Gasteiger partial charge in [0.2, 0.25) is 0 Å². The highest BCUT2D eigenvalue weighted by atomic mass is 16.3. The summed E-state index contributed by atoms with van der Waals surface area (Å²) in [6.07, 6.45) is 5.35. The van der Waals surface area contributed by atoms with Crippen molar-refractivity contribution in [3.8, 4) is 0 Å². The molecule has 0 radical (unpaired) electrons. The Bertz CT molecular complexity index is 297. The van der Waals surface area contributed by atoms with Crippen molar-refractivity contribution in [3.63, 3.8) is 0 Å². The molecular formula is C16H33N3O2. The standard InChI is InChI=1S/C16H33N3O2/c1-4-14-7-5-6-11-19(14)12-10-18-16(21)17-9-8-15(20)13(2)3/h13-15,20H,4-12H2,1-3H3,(H2,17,18,21). The Morgan fingerprint density at radius 3 is 2.67 bits per heavy atom. The van der Waals surface area contributed by atoms with Crippen molar-refractivity contribution in [2.45, 2.75) is 65.0 Å². The van der Waals surface area contributed by atoms with E-state index in [2.05, 4.69) is 22.5 Å². The van der Waals surface area contributed by atoms with Crippen LogP contribution in [0.2, 0.25) is 0 Å². The maximum atomic E-state index is 11.7. The largest absolute Gasteiger partial charge is 0.393 e. The molecule has 1 aliphatic heterocycles. The Hall–Kier alpha value is -0.810. The van der Waals surface area contributed by atoms with Gasteiger partial charge >= 0.3 is 6.03 Å². The summed E-state index contributed by atoms with van der Waals surface area (Å²) in [5.74, 6) is 0.236. The van der Waals surface area contributed by atoms with E-state index in [1.54, 1.807) is 0 Å². The number of nitrogens with one attached hydrogen (secondary N) is 2. The van der Waals surface area contributed by atoms with E-state index in [0.717, 1.165) is 13.1 Å². The number of rotatable bonds is 8. The molecule has 0 aliphatic carbocycles. The van der Waals surface area contributed by atoms with Crippen molar-refractivity contribution >= 4 is 6.03 Å². The Balaban J connectivity index is 2.10. The van der Waals surface area contributed by atoms with Crippen molar-refractivity contribution in [3.05, 3.63) is 0 Å². The fourth-order valence-electron chi connectivity index (χ4n) is 2.86. The molecule has 5 nitrogen and oxygen atoms in total. The molecule has 0 spiro atoms. The third-order valence-electron chi connectivity index (χ3n) is 4.40. The third kappa shape index (κ3) is 7.14. The number of amides is 2. The van der Waals surface area contributed by atoms with Gasteiger partial charge in [0.15, 0.2) is 0 Å². The normalized spacial score (nSPS) is 21.3. The first-order valence-electron chi connectivity index (χ1n) is 8.48. The number of carbonyl (C=O) groups excluding carboxylic acids is 1. The molecule has 0 bridgehead atoms. The van der Waals surface area contributed by atoms with Crippen molar-refractivity contribution < 1.29 is 9.90 Å². The Kier molecular flexibility index (Phi) is 8.69. The molecule has 21 heavy (non-hydrogen) atoms. The van der Waals surface area contributed by atoms with E-state index in [1.807, 2.05) is 13.8 Å². The molecule has 0 aromatic carbocycles. The van der Waals surface area contributed by atoms with Crippen LogP contribution in [0, 0.1) is 5.92 Å². The molecule has 5 heteroatoms. The van der Waals surface area contributed by atoms with Gasteiger partial charge in [-0.1, -0.05) is 27.2 Å². The van der Waals surface area contributed by atoms with Crippen LogP contribution in [-0.2, 0) is 0 Å². The van der Waals surface area contributed by atoms with Crippen LogP contribution in [0.15, 0.2) is 0 Å². The molecule has 2 unspecified atom stereocenters. The molecule has 2 atom stereocenters. The van der Waals surface area contributed by atoms with Crippen LogP contribution >= 0.6 is 0 Å². The molecule has 124 valence electrons. The lowest BCUT2D eigenvalue weighted by Gasteiger charge is -2.35. The average molecular weight is 299 g/mol. The van der Waals surface area contributed by atoms with Gasteiger partial charge in [-0.15, -0.1) is 0 Å². The number of piperidine rings is 1. The molecule has 0 saturated carbocycles. The molecule has 0 aromatic heterocycles. The summed E-state index contributed by atoms with van der Waals surface area (Å²) in [6, 6.07) is 0.556. The molecule has 3 N–H and O–H groups in total. The predicted molar refractivity (Wildman–Crippen MR) is 86.4 cm³/mol. The summed E-state index contributed by atoms with van der Waals surface area (Å²) in [4.78, 5) is 14.2. The highest BCUT2D eigenvalue weighted by Crippen LogP contribution is 2.18. The summed E-state index contributed by atoms with van der Waals surface area (Å²) in [7, 11) is 0. The smallest absolute Gasteiger partial charge is 0.314 e. The first-order chi connectivity index (χ1) is 10.0. The quantitative estimate of drug-likeness (QED) is 0.642. The van der Waals surface area contributed by atoms with Crippen LogP contribution in [0.5, 0.6) is 0 Å². The number of aliphatic hydroxyl groups excluding tert-OH is 1. The zero-order valence-electron chi connectivity index (χ0n) is 13.9. The predicted octanol–water partition coefficient (Wildman–Crippen LogP) is 1.96. The van der Waals surface area contributed by atoms with Crippen LogP contribution in [0.3, 0.4) is 0 Å². The fourth-order valence-corrected chi connectivity index (χ4v) is 2.86. The van der Waals surface area contributed by atoms with E-state index in [9.17, 15) is 9.90 Å². The Morgan fingerprint density at radius 1 is 1.29 bits per heavy atom. The number of nitrogens with zero attached hydrogens (tertiary/aromatic N) is 1. The fraction of sp³-hybridized carbons (Fsp3) is 0.938. The molecule has 2 amide bonds. The lowest BCUT2D eigenvalue weighted by atomic mass is 10.0. The first kappa shape index (κ1) is 18.2. The number of hydrogen-bond donors (Lipinski definition) is 3. The van der Waals surface area contributed by atoms with E-state index in [0.29, 0.717) is 25.6 Å². The zero-order valence-corrected chi connectivity index (χ0v) is 13.9. The zero-order chi connectivity index (χ0) is 15.7. The van der Waals surface area contributed by atoms with Crippen molar-refractivity contribution in [1.82, 2.24) is 15.5 Å². The lowest BCUT2D eigenvalue weighted by molar-refractivity contribution is 0.116. The monoisotopic (exact) mass is 299 g/mol. The van der Waals surface area contributed by atoms with Crippen LogP contribution in [-0.4, -0.2) is 54.4 Å². The second kappa shape index (κ2) is 10.0. The minimum absolute atomic E-state index is 0.129. The molecular weight excluding hydrogens is 266 g/mol. The van der Waals surface area contributed by atoms with E-state index in [1.165, 1.54) is 25.7 Å². The van der Waals surface area contributed by atoms with E-state index in [-0.39, 0.29) is 18.1 Å². The average Bonchev–Trinajstić information content (AvgIpc) is 2.47. The summed E-state index contributed by atoms with van der Waals surface area (Å²) in [6.45, 7) is 9.49. The maximum absolute atomic E-state index is 11.7. The van der Waals surface area contributed by atoms with Gasteiger partial charge in [0.05, 0.1) is 6.10 Å². The van der Waals surface area contributed by atoms with Crippen LogP contribution in [0.25, 0.3) is 0 Å². The second-order valence-electron chi connectivity index (χ2n) is 6.38. The minimum Gasteiger partial charge on any atom is -0.393 e. The first-order valence-corrected chi connectivity index (χ1v) is 8.48. The number of hydrogen-bond acceptors (Lipinski definition) is 3. The molecule has 1 aliphatic rings. The number of likely N-dealkylation sites (tertiary alicyclic amines) is 1. The van der Waals surface area contributed by atoms with Crippen LogP contribution < -0.4 is 10.6 Å². The summed E-state index contributed by atoms with van der Waals surface area (Å²) in [5, 5.41) is 15.4. The van der Waals surface area contributed by atoms with Crippen molar-refractivity contribution in [1.29, 1.82) is 0 Å². The molecule has 1 heterocycles. The highest BCUT2D eigenvalue weighted by molar-refractivity contribution is 5.73. The van der Waals surface area contributed by atoms with Gasteiger partial charge < -0.3 is 15.7 Å². The number of urea groups is 1. The summed E-state index contributed by atoms with van der Waals surface area (Å²) >= 11 is 0. The van der Waals surface area contributed by atoms with Gasteiger partial charge in [-0.2, -0.15) is 0 Å². The minimum atomic E-state index is -0.344. The highest BCUT2D eigenvalue weighted by Gasteiger charge is 2.20. The SMILES string of the molecule is CCC1CCCCN1CCNC(=O)NCCC(O)C(C)C. The van der Waals surface area contributed by atoms with Gasteiger partial charge in [0.25, 0.3) is 0 Å². The Morgan fingerprint density at radius 2 is 2.00 bits per heavy atom. The van der Waals surface area contributed by atoms with E-state index >= 15 is 0 Å². The van der Waals surface area contributed by atoms with Gasteiger partial charge in [-0.3, -0.25) is 4.90 Å². The van der Waals surface area contributed by atoms with Crippen molar-refractivity contribution in [2.75, 3.05) is 26.2 Å². The maximum Gasteiger partial charge on any atom is 0.314 e. The molecule has 1 saturated heterocycles. The summed E-state index contributed by atoms with van der Waals surface area (Å²) < 4.78 is 0. The van der Waals surface area contributed by atoms with Crippen LogP contribution in [0.4, 0.5) is 4.79 Å². The van der Waals surface area contributed by atoms with Crippen LogP contribution in [0.1, 0.15) is 52.9 Å². The molecule has 1 fully saturated rings. The third-order valence-corrected chi connectivity index (χ3v) is 4.40. The van der Waals surface area contributed by atoms with Gasteiger partial charge in [0.1, 0.15) is 0 Å².